The predicted octanol–water partition coefficient (Wildman–Crippen LogP) is 0.0748. The van der Waals surface area contributed by atoms with Crippen LogP contribution in [0, 0.1) is 0 Å². The van der Waals surface area contributed by atoms with Gasteiger partial charge in [-0.3, -0.25) is 4.55 Å². The lowest BCUT2D eigenvalue weighted by Gasteiger charge is -2.04. The Hall–Kier alpha value is 0.0700. The lowest BCUT2D eigenvalue weighted by atomic mass is 10.8. The maximum Gasteiger partial charge on any atom is 0.234 e. The third kappa shape index (κ3) is 2.73. The van der Waals surface area contributed by atoms with Crippen LogP contribution < -0.4 is 0 Å². The highest BCUT2D eigenvalue weighted by Crippen LogP contribution is 1.81. The van der Waals surface area contributed by atoms with E-state index < -0.39 is 11.3 Å². The first kappa shape index (κ1) is 7.07. The molecule has 0 aliphatic rings. The van der Waals surface area contributed by atoms with Gasteiger partial charge in [0.05, 0.1) is 0 Å². The van der Waals surface area contributed by atoms with Crippen LogP contribution in [0.2, 0.25) is 0 Å². The molecule has 0 amide bonds. The summed E-state index contributed by atoms with van der Waals surface area (Å²) in [5, 5.41) is 0. The van der Waals surface area contributed by atoms with Crippen LogP contribution in [-0.2, 0) is 11.3 Å². The summed E-state index contributed by atoms with van der Waals surface area (Å²) in [5.74, 6) is 0. The molecule has 1 unspecified atom stereocenters. The van der Waals surface area contributed by atoms with Crippen molar-refractivity contribution in [3.05, 3.63) is 0 Å². The van der Waals surface area contributed by atoms with E-state index in [1.54, 1.807) is 7.05 Å². The first-order valence-corrected chi connectivity index (χ1v) is 3.07. The summed E-state index contributed by atoms with van der Waals surface area (Å²) in [6.07, 6.45) is 0. The van der Waals surface area contributed by atoms with E-state index >= 15 is 0 Å². The third-order valence-electron chi connectivity index (χ3n) is 0.712. The normalized spacial score (nSPS) is 14.9. The molecule has 0 bridgehead atoms. The highest BCUT2D eigenvalue weighted by atomic mass is 32.2. The minimum Gasteiger partial charge on any atom is -0.294 e. The quantitative estimate of drug-likeness (QED) is 0.528. The molecule has 1 N–H and O–H groups in total. The molecule has 3 nitrogen and oxygen atoms in total. The number of nitrogens with zero attached hydrogens (tertiary/aromatic N) is 1. The highest BCUT2D eigenvalue weighted by molar-refractivity contribution is 7.76. The molecule has 0 aromatic carbocycles. The zero-order valence-electron chi connectivity index (χ0n) is 4.42. The van der Waals surface area contributed by atoms with Gasteiger partial charge in [-0.05, 0) is 0 Å². The van der Waals surface area contributed by atoms with E-state index in [-0.39, 0.29) is 0 Å². The summed E-state index contributed by atoms with van der Waals surface area (Å²) >= 11 is -1.78. The third-order valence-corrected chi connectivity index (χ3v) is 1.50. The van der Waals surface area contributed by atoms with E-state index in [2.05, 4.69) is 0 Å². The van der Waals surface area contributed by atoms with Crippen LogP contribution in [-0.4, -0.2) is 26.7 Å². The molecule has 0 aliphatic carbocycles. The summed E-state index contributed by atoms with van der Waals surface area (Å²) in [6, 6.07) is 0. The predicted molar refractivity (Wildman–Crippen MR) is 29.1 cm³/mol. The zero-order chi connectivity index (χ0) is 5.86. The van der Waals surface area contributed by atoms with Crippen molar-refractivity contribution in [2.75, 3.05) is 13.6 Å². The zero-order valence-corrected chi connectivity index (χ0v) is 5.23. The van der Waals surface area contributed by atoms with Gasteiger partial charge in [-0.2, -0.15) is 0 Å². The molecule has 0 rings (SSSR count). The summed E-state index contributed by atoms with van der Waals surface area (Å²) in [5.41, 5.74) is 0. The van der Waals surface area contributed by atoms with Crippen LogP contribution in [0.3, 0.4) is 0 Å². The molecule has 0 aromatic heterocycles. The smallest absolute Gasteiger partial charge is 0.234 e. The molecule has 0 fully saturated rings. The molecular formula is C3H9NO2S. The number of hydrogen-bond donors (Lipinski definition) is 1. The van der Waals surface area contributed by atoms with Gasteiger partial charge < -0.3 is 0 Å². The molecule has 7 heavy (non-hydrogen) atoms. The van der Waals surface area contributed by atoms with Gasteiger partial charge in [-0.15, -0.1) is 0 Å². The van der Waals surface area contributed by atoms with Gasteiger partial charge in [-0.25, -0.2) is 8.51 Å². The molecule has 0 saturated carbocycles. The Kier molecular flexibility index (Phi) is 3.15. The monoisotopic (exact) mass is 123 g/mol. The minimum absolute atomic E-state index is 0.600. The van der Waals surface area contributed by atoms with Crippen LogP contribution in [0.15, 0.2) is 0 Å². The fraction of sp³-hybridized carbons (Fsp3) is 1.00. The van der Waals surface area contributed by atoms with Crippen molar-refractivity contribution < 1.29 is 8.76 Å². The number of hydrogen-bond acceptors (Lipinski definition) is 1. The van der Waals surface area contributed by atoms with E-state index in [4.69, 9.17) is 4.55 Å². The van der Waals surface area contributed by atoms with Gasteiger partial charge >= 0.3 is 0 Å². The lowest BCUT2D eigenvalue weighted by molar-refractivity contribution is 0.461. The first-order chi connectivity index (χ1) is 3.18. The summed E-state index contributed by atoms with van der Waals surface area (Å²) < 4.78 is 19.5. The van der Waals surface area contributed by atoms with Crippen molar-refractivity contribution in [2.24, 2.45) is 0 Å². The Balaban J connectivity index is 3.34. The Labute approximate surface area is 45.7 Å². The van der Waals surface area contributed by atoms with Crippen molar-refractivity contribution >= 4 is 11.3 Å². The van der Waals surface area contributed by atoms with Gasteiger partial charge in [0.2, 0.25) is 11.3 Å². The molecule has 0 saturated heterocycles. The average Bonchev–Trinajstić information content (AvgIpc) is 1.65. The van der Waals surface area contributed by atoms with Crippen molar-refractivity contribution in [1.82, 2.24) is 4.31 Å². The largest absolute Gasteiger partial charge is 0.294 e. The van der Waals surface area contributed by atoms with E-state index in [9.17, 15) is 4.21 Å². The van der Waals surface area contributed by atoms with Crippen LogP contribution in [0.1, 0.15) is 6.92 Å². The second-order valence-corrected chi connectivity index (χ2v) is 2.26. The molecule has 0 heterocycles. The van der Waals surface area contributed by atoms with E-state index in [1.165, 1.54) is 4.31 Å². The van der Waals surface area contributed by atoms with Crippen LogP contribution >= 0.6 is 0 Å². The fourth-order valence-electron chi connectivity index (χ4n) is 0.110. The molecule has 0 radical (unpaired) electrons. The lowest BCUT2D eigenvalue weighted by Crippen LogP contribution is -2.19. The topological polar surface area (TPSA) is 40.5 Å². The van der Waals surface area contributed by atoms with Crippen molar-refractivity contribution in [1.29, 1.82) is 0 Å². The Morgan fingerprint density at radius 3 is 2.29 bits per heavy atom. The van der Waals surface area contributed by atoms with Gasteiger partial charge in [0.15, 0.2) is 0 Å². The molecule has 0 spiro atoms. The summed E-state index contributed by atoms with van der Waals surface area (Å²) in [6.45, 7) is 2.41. The first-order valence-electron chi connectivity index (χ1n) is 2.00. The van der Waals surface area contributed by atoms with Crippen LogP contribution in [0.5, 0.6) is 0 Å². The van der Waals surface area contributed by atoms with E-state index in [1.807, 2.05) is 6.92 Å². The van der Waals surface area contributed by atoms with E-state index in [0.717, 1.165) is 0 Å². The van der Waals surface area contributed by atoms with Crippen molar-refractivity contribution in [2.45, 2.75) is 6.92 Å². The second kappa shape index (κ2) is 3.12. The Bertz CT molecular complexity index is 75.3. The maximum atomic E-state index is 9.97. The highest BCUT2D eigenvalue weighted by Gasteiger charge is 1.96. The SMILES string of the molecule is CCN(C)S(=O)O. The molecule has 0 aliphatic heterocycles. The maximum absolute atomic E-state index is 9.97. The van der Waals surface area contributed by atoms with Gasteiger partial charge in [0, 0.05) is 13.6 Å². The fourth-order valence-corrected chi connectivity index (χ4v) is 0.331. The molecule has 44 valence electrons. The van der Waals surface area contributed by atoms with Gasteiger partial charge in [0.25, 0.3) is 0 Å². The van der Waals surface area contributed by atoms with E-state index in [0.29, 0.717) is 6.54 Å². The van der Waals surface area contributed by atoms with Crippen molar-refractivity contribution in [3.63, 3.8) is 0 Å². The van der Waals surface area contributed by atoms with Crippen molar-refractivity contribution in [3.8, 4) is 0 Å². The average molecular weight is 123 g/mol. The molecular weight excluding hydrogens is 114 g/mol. The minimum atomic E-state index is -1.78. The van der Waals surface area contributed by atoms with Crippen LogP contribution in [0.25, 0.3) is 0 Å². The molecule has 4 heteroatoms. The Morgan fingerprint density at radius 2 is 2.29 bits per heavy atom. The summed E-state index contributed by atoms with van der Waals surface area (Å²) in [4.78, 5) is 0. The van der Waals surface area contributed by atoms with Gasteiger partial charge in [-0.1, -0.05) is 6.92 Å². The van der Waals surface area contributed by atoms with Crippen LogP contribution in [0.4, 0.5) is 0 Å². The molecule has 1 atom stereocenters. The second-order valence-electron chi connectivity index (χ2n) is 1.17. The van der Waals surface area contributed by atoms with Gasteiger partial charge in [0.1, 0.15) is 0 Å². The standard InChI is InChI=1S/C3H9NO2S/c1-3-4(2)7(5)6/h3H2,1-2H3,(H,5,6). The summed E-state index contributed by atoms with van der Waals surface area (Å²) in [7, 11) is 1.58. The number of rotatable bonds is 2. The molecule has 0 aromatic rings. The Morgan fingerprint density at radius 1 is 1.86 bits per heavy atom.